The Hall–Kier alpha value is -3.84. The average Bonchev–Trinajstić information content (AvgIpc) is 3.16. The molecule has 0 saturated heterocycles. The van der Waals surface area contributed by atoms with Crippen molar-refractivity contribution in [2.45, 2.75) is 25.9 Å². The van der Waals surface area contributed by atoms with Crippen LogP contribution in [0.3, 0.4) is 0 Å². The van der Waals surface area contributed by atoms with Crippen molar-refractivity contribution in [1.82, 2.24) is 23.7 Å². The SMILES string of the molecule is Cn1c(=O)n(CCCO)c(=O)c2c1nc(Oc1cccc(OC(F)(F)F)c1)n2Cc1ccc(Cl)nc1. The third-order valence-electron chi connectivity index (χ3n) is 5.11. The smallest absolute Gasteiger partial charge is 0.425 e. The zero-order valence-electron chi connectivity index (χ0n) is 18.7. The van der Waals surface area contributed by atoms with Gasteiger partial charge in [-0.1, -0.05) is 23.7 Å². The number of aliphatic hydroxyl groups excluding tert-OH is 1. The Bertz CT molecular complexity index is 1510. The highest BCUT2D eigenvalue weighted by Gasteiger charge is 2.31. The van der Waals surface area contributed by atoms with Gasteiger partial charge in [-0.05, 0) is 30.2 Å². The number of nitrogens with zero attached hydrogens (tertiary/aromatic N) is 5. The highest BCUT2D eigenvalue weighted by Crippen LogP contribution is 2.30. The second-order valence-corrected chi connectivity index (χ2v) is 8.03. The molecule has 0 saturated carbocycles. The van der Waals surface area contributed by atoms with Gasteiger partial charge < -0.3 is 14.6 Å². The number of benzene rings is 1. The number of fused-ring (bicyclic) bond motifs is 1. The maximum absolute atomic E-state index is 13.3. The number of rotatable bonds is 8. The average molecular weight is 526 g/mol. The molecule has 0 unspecified atom stereocenters. The predicted octanol–water partition coefficient (Wildman–Crippen LogP) is 3.07. The van der Waals surface area contributed by atoms with Crippen LogP contribution in [0.5, 0.6) is 17.5 Å². The van der Waals surface area contributed by atoms with Crippen molar-refractivity contribution in [3.05, 3.63) is 74.1 Å². The Morgan fingerprint density at radius 3 is 2.53 bits per heavy atom. The summed E-state index contributed by atoms with van der Waals surface area (Å²) in [6, 6.07) is 7.85. The third-order valence-corrected chi connectivity index (χ3v) is 5.34. The van der Waals surface area contributed by atoms with Crippen LogP contribution in [0.25, 0.3) is 11.2 Å². The summed E-state index contributed by atoms with van der Waals surface area (Å²) < 4.78 is 51.2. The van der Waals surface area contributed by atoms with Crippen molar-refractivity contribution in [3.63, 3.8) is 0 Å². The maximum Gasteiger partial charge on any atom is 0.573 e. The molecule has 36 heavy (non-hydrogen) atoms. The number of hydrogen-bond donors (Lipinski definition) is 1. The number of hydrogen-bond acceptors (Lipinski definition) is 7. The lowest BCUT2D eigenvalue weighted by Crippen LogP contribution is -2.39. The molecule has 10 nitrogen and oxygen atoms in total. The minimum Gasteiger partial charge on any atom is -0.425 e. The number of aromatic nitrogens is 5. The molecular formula is C22H19ClF3N5O5. The molecule has 1 aromatic carbocycles. The van der Waals surface area contributed by atoms with E-state index in [0.29, 0.717) is 5.56 Å². The first-order valence-corrected chi connectivity index (χ1v) is 10.9. The molecule has 4 aromatic rings. The molecule has 0 aliphatic heterocycles. The second kappa shape index (κ2) is 10.0. The van der Waals surface area contributed by atoms with E-state index in [0.717, 1.165) is 21.3 Å². The van der Waals surface area contributed by atoms with Crippen LogP contribution in [-0.2, 0) is 20.1 Å². The van der Waals surface area contributed by atoms with Crippen LogP contribution in [0, 0.1) is 0 Å². The van der Waals surface area contributed by atoms with Crippen LogP contribution in [0.4, 0.5) is 13.2 Å². The Morgan fingerprint density at radius 1 is 1.11 bits per heavy atom. The molecule has 0 spiro atoms. The fraction of sp³-hybridized carbons (Fsp3) is 0.273. The van der Waals surface area contributed by atoms with E-state index in [-0.39, 0.29) is 54.2 Å². The lowest BCUT2D eigenvalue weighted by molar-refractivity contribution is -0.274. The summed E-state index contributed by atoms with van der Waals surface area (Å²) in [7, 11) is 1.42. The summed E-state index contributed by atoms with van der Waals surface area (Å²) in [5, 5.41) is 9.42. The number of halogens is 4. The van der Waals surface area contributed by atoms with Gasteiger partial charge >= 0.3 is 18.1 Å². The number of ether oxygens (including phenoxy) is 2. The van der Waals surface area contributed by atoms with Crippen LogP contribution in [-0.4, -0.2) is 41.7 Å². The molecule has 4 rings (SSSR count). The largest absolute Gasteiger partial charge is 0.573 e. The summed E-state index contributed by atoms with van der Waals surface area (Å²) in [6.07, 6.45) is -3.25. The first kappa shape index (κ1) is 25.3. The van der Waals surface area contributed by atoms with E-state index in [9.17, 15) is 22.8 Å². The van der Waals surface area contributed by atoms with Crippen molar-refractivity contribution in [2.24, 2.45) is 7.05 Å². The Morgan fingerprint density at radius 2 is 1.86 bits per heavy atom. The quantitative estimate of drug-likeness (QED) is 0.352. The molecule has 190 valence electrons. The molecule has 0 aliphatic carbocycles. The fourth-order valence-corrected chi connectivity index (χ4v) is 3.64. The topological polar surface area (TPSA) is 113 Å². The molecule has 14 heteroatoms. The molecule has 0 aliphatic rings. The van der Waals surface area contributed by atoms with E-state index in [4.69, 9.17) is 21.4 Å². The minimum absolute atomic E-state index is 0.00451. The number of pyridine rings is 1. The van der Waals surface area contributed by atoms with Gasteiger partial charge in [0.15, 0.2) is 11.2 Å². The molecule has 0 amide bonds. The molecule has 3 heterocycles. The van der Waals surface area contributed by atoms with Crippen molar-refractivity contribution >= 4 is 22.8 Å². The zero-order valence-corrected chi connectivity index (χ0v) is 19.5. The lowest BCUT2D eigenvalue weighted by Gasteiger charge is -2.12. The third kappa shape index (κ3) is 5.36. The maximum atomic E-state index is 13.3. The highest BCUT2D eigenvalue weighted by molar-refractivity contribution is 6.29. The van der Waals surface area contributed by atoms with Gasteiger partial charge in [-0.15, -0.1) is 13.2 Å². The molecule has 0 atom stereocenters. The lowest BCUT2D eigenvalue weighted by atomic mass is 10.3. The van der Waals surface area contributed by atoms with Crippen LogP contribution in [0.15, 0.2) is 52.2 Å². The van der Waals surface area contributed by atoms with Crippen LogP contribution >= 0.6 is 11.6 Å². The van der Waals surface area contributed by atoms with Gasteiger partial charge in [0.25, 0.3) is 5.56 Å². The highest BCUT2D eigenvalue weighted by atomic mass is 35.5. The number of alkyl halides is 3. The molecule has 0 fully saturated rings. The van der Waals surface area contributed by atoms with Crippen molar-refractivity contribution in [2.75, 3.05) is 6.61 Å². The zero-order chi connectivity index (χ0) is 26.0. The van der Waals surface area contributed by atoms with Crippen molar-refractivity contribution in [3.8, 4) is 17.5 Å². The van der Waals surface area contributed by atoms with Crippen LogP contribution < -0.4 is 20.7 Å². The van der Waals surface area contributed by atoms with Gasteiger partial charge in [-0.25, -0.2) is 9.78 Å². The van der Waals surface area contributed by atoms with Crippen LogP contribution in [0.1, 0.15) is 12.0 Å². The van der Waals surface area contributed by atoms with Crippen molar-refractivity contribution in [1.29, 1.82) is 0 Å². The van der Waals surface area contributed by atoms with Crippen LogP contribution in [0.2, 0.25) is 5.15 Å². The molecule has 0 bridgehead atoms. The normalized spacial score (nSPS) is 11.7. The van der Waals surface area contributed by atoms with E-state index in [2.05, 4.69) is 14.7 Å². The standard InChI is InChI=1S/C22H19ClF3N5O5/c1-29-18-17(19(33)30(21(29)34)8-3-9-32)31(12-13-6-7-16(23)27-11-13)20(28-18)35-14-4-2-5-15(10-14)36-22(24,25)26/h2,4-7,10-11,32H,3,8-9,12H2,1H3. The van der Waals surface area contributed by atoms with E-state index in [1.54, 1.807) is 12.1 Å². The summed E-state index contributed by atoms with van der Waals surface area (Å²) in [4.78, 5) is 34.4. The van der Waals surface area contributed by atoms with Gasteiger partial charge in [0.05, 0.1) is 6.54 Å². The first-order valence-electron chi connectivity index (χ1n) is 10.5. The summed E-state index contributed by atoms with van der Waals surface area (Å²) in [5.74, 6) is -0.559. The summed E-state index contributed by atoms with van der Waals surface area (Å²) in [6.45, 7) is -0.241. The van der Waals surface area contributed by atoms with Crippen molar-refractivity contribution < 1.29 is 27.8 Å². The first-order chi connectivity index (χ1) is 17.1. The molecule has 1 N–H and O–H groups in total. The Balaban J connectivity index is 1.87. The second-order valence-electron chi connectivity index (χ2n) is 7.64. The predicted molar refractivity (Wildman–Crippen MR) is 122 cm³/mol. The van der Waals surface area contributed by atoms with Gasteiger partial charge in [0.1, 0.15) is 16.7 Å². The molecule has 0 radical (unpaired) electrons. The summed E-state index contributed by atoms with van der Waals surface area (Å²) >= 11 is 5.86. The molecule has 3 aromatic heterocycles. The van der Waals surface area contributed by atoms with Gasteiger partial charge in [0, 0.05) is 32.5 Å². The van der Waals surface area contributed by atoms with E-state index < -0.39 is 23.4 Å². The Kier molecular flexibility index (Phi) is 7.04. The van der Waals surface area contributed by atoms with Gasteiger partial charge in [-0.2, -0.15) is 4.98 Å². The Labute approximate surface area is 205 Å². The molecular weight excluding hydrogens is 507 g/mol. The monoisotopic (exact) mass is 525 g/mol. The minimum atomic E-state index is -4.90. The van der Waals surface area contributed by atoms with E-state index in [1.165, 1.54) is 29.9 Å². The number of aliphatic hydroxyl groups is 1. The van der Waals surface area contributed by atoms with E-state index in [1.807, 2.05) is 0 Å². The number of imidazole rings is 1. The fourth-order valence-electron chi connectivity index (χ4n) is 3.52. The van der Waals surface area contributed by atoms with E-state index >= 15 is 0 Å². The van der Waals surface area contributed by atoms with Gasteiger partial charge in [0.2, 0.25) is 0 Å². The number of aryl methyl sites for hydroxylation is 1. The van der Waals surface area contributed by atoms with Gasteiger partial charge in [-0.3, -0.25) is 18.5 Å². The summed E-state index contributed by atoms with van der Waals surface area (Å²) in [5.41, 5.74) is -0.689.